The van der Waals surface area contributed by atoms with Gasteiger partial charge in [0, 0.05) is 19.2 Å². The van der Waals surface area contributed by atoms with Crippen LogP contribution in [0.1, 0.15) is 32.1 Å². The van der Waals surface area contributed by atoms with Crippen molar-refractivity contribution >= 4 is 39.5 Å². The van der Waals surface area contributed by atoms with Gasteiger partial charge in [-0.25, -0.2) is 18.1 Å². The predicted molar refractivity (Wildman–Crippen MR) is 122 cm³/mol. The lowest BCUT2D eigenvalue weighted by molar-refractivity contribution is -0.176. The van der Waals surface area contributed by atoms with Gasteiger partial charge >= 0.3 is 5.97 Å². The van der Waals surface area contributed by atoms with Crippen LogP contribution in [0.15, 0.2) is 24.5 Å². The van der Waals surface area contributed by atoms with Crippen LogP contribution in [0.2, 0.25) is 0 Å². The highest BCUT2D eigenvalue weighted by Gasteiger charge is 2.45. The molecule has 1 aromatic heterocycles. The van der Waals surface area contributed by atoms with E-state index in [4.69, 9.17) is 4.74 Å². The molecule has 14 nitrogen and oxygen atoms in total. The molecule has 196 valence electrons. The minimum Gasteiger partial charge on any atom is -0.484 e. The molecule has 2 fully saturated rings. The van der Waals surface area contributed by atoms with Gasteiger partial charge in [-0.05, 0) is 31.4 Å². The number of hydrogen-bond donors (Lipinski definition) is 3. The SMILES string of the molecule is CS(=O)(=O)N[C@H]1CCC(=O)N2CCC[C@@H](C(=O)N[C@@H](CC(=O)O)C(=O)COc3cccnc3)N2C1=O. The summed E-state index contributed by atoms with van der Waals surface area (Å²) in [6.45, 7) is -0.390. The number of pyridine rings is 1. The number of hydrazine groups is 1. The van der Waals surface area contributed by atoms with Crippen LogP contribution in [0.5, 0.6) is 5.75 Å². The second-order valence-electron chi connectivity index (χ2n) is 8.44. The number of carboxylic acids is 1. The molecule has 0 bridgehead atoms. The molecule has 0 aliphatic carbocycles. The van der Waals surface area contributed by atoms with E-state index in [0.29, 0.717) is 6.42 Å². The quantitative estimate of drug-likeness (QED) is 0.322. The fraction of sp³-hybridized carbons (Fsp3) is 0.524. The standard InChI is InChI=1S/C21H27N5O9S/c1-36(33,34)24-14-6-7-18(28)25-9-3-5-16(26(25)21(14)32)20(31)23-15(10-19(29)30)17(27)12-35-13-4-2-8-22-11-13/h2,4,8,11,14-16,24H,3,5-7,9-10,12H2,1H3,(H,23,31)(H,29,30)/t14-,15-,16-/m0/s1. The van der Waals surface area contributed by atoms with E-state index in [2.05, 4.69) is 15.0 Å². The topological polar surface area (TPSA) is 192 Å². The summed E-state index contributed by atoms with van der Waals surface area (Å²) in [5.74, 6) is -3.89. The van der Waals surface area contributed by atoms with Crippen molar-refractivity contribution in [3.05, 3.63) is 24.5 Å². The number of carbonyl (C=O) groups excluding carboxylic acids is 4. The van der Waals surface area contributed by atoms with Crippen molar-refractivity contribution in [2.45, 2.75) is 50.2 Å². The van der Waals surface area contributed by atoms with Gasteiger partial charge in [-0.3, -0.25) is 34.0 Å². The van der Waals surface area contributed by atoms with Crippen LogP contribution in [-0.4, -0.2) is 95.5 Å². The number of aromatic nitrogens is 1. The molecular formula is C21H27N5O9S. The highest BCUT2D eigenvalue weighted by atomic mass is 32.2. The number of nitrogens with one attached hydrogen (secondary N) is 2. The summed E-state index contributed by atoms with van der Waals surface area (Å²) in [6, 6.07) is -0.849. The minimum atomic E-state index is -3.80. The number of sulfonamides is 1. The molecule has 2 aliphatic rings. The van der Waals surface area contributed by atoms with Crippen molar-refractivity contribution < 1.29 is 42.2 Å². The largest absolute Gasteiger partial charge is 0.484 e. The number of rotatable bonds is 10. The van der Waals surface area contributed by atoms with Crippen LogP contribution in [-0.2, 0) is 34.0 Å². The Morgan fingerprint density at radius 1 is 1.28 bits per heavy atom. The Labute approximate surface area is 207 Å². The minimum absolute atomic E-state index is 0.0854. The van der Waals surface area contributed by atoms with Gasteiger partial charge in [0.1, 0.15) is 30.5 Å². The van der Waals surface area contributed by atoms with E-state index in [9.17, 15) is 37.5 Å². The van der Waals surface area contributed by atoms with Crippen molar-refractivity contribution in [3.8, 4) is 5.75 Å². The smallest absolute Gasteiger partial charge is 0.305 e. The molecule has 1 aromatic rings. The van der Waals surface area contributed by atoms with E-state index in [-0.39, 0.29) is 31.6 Å². The summed E-state index contributed by atoms with van der Waals surface area (Å²) in [4.78, 5) is 66.9. The van der Waals surface area contributed by atoms with Crippen molar-refractivity contribution in [1.82, 2.24) is 25.0 Å². The Morgan fingerprint density at radius 3 is 2.67 bits per heavy atom. The first-order valence-corrected chi connectivity index (χ1v) is 13.0. The Morgan fingerprint density at radius 2 is 2.03 bits per heavy atom. The van der Waals surface area contributed by atoms with Crippen LogP contribution < -0.4 is 14.8 Å². The molecule has 15 heteroatoms. The highest BCUT2D eigenvalue weighted by molar-refractivity contribution is 7.88. The van der Waals surface area contributed by atoms with E-state index < -0.39 is 70.7 Å². The van der Waals surface area contributed by atoms with Crippen LogP contribution in [0.25, 0.3) is 0 Å². The van der Waals surface area contributed by atoms with Crippen LogP contribution >= 0.6 is 0 Å². The van der Waals surface area contributed by atoms with E-state index >= 15 is 0 Å². The van der Waals surface area contributed by atoms with Crippen LogP contribution in [0.3, 0.4) is 0 Å². The van der Waals surface area contributed by atoms with Gasteiger partial charge in [0.25, 0.3) is 5.91 Å². The lowest BCUT2D eigenvalue weighted by Gasteiger charge is -2.43. The second-order valence-corrected chi connectivity index (χ2v) is 10.2. The maximum atomic E-state index is 13.2. The molecule has 0 spiro atoms. The van der Waals surface area contributed by atoms with Crippen LogP contribution in [0.4, 0.5) is 0 Å². The van der Waals surface area contributed by atoms with Gasteiger partial charge in [-0.1, -0.05) is 0 Å². The van der Waals surface area contributed by atoms with Gasteiger partial charge in [0.05, 0.1) is 18.9 Å². The molecule has 0 aromatic carbocycles. The van der Waals surface area contributed by atoms with Gasteiger partial charge in [-0.2, -0.15) is 0 Å². The van der Waals surface area contributed by atoms with Gasteiger partial charge in [0.15, 0.2) is 5.78 Å². The summed E-state index contributed by atoms with van der Waals surface area (Å²) in [5, 5.41) is 13.7. The second kappa shape index (κ2) is 11.4. The van der Waals surface area contributed by atoms with Gasteiger partial charge < -0.3 is 15.2 Å². The molecule has 3 amide bonds. The van der Waals surface area contributed by atoms with Crippen molar-refractivity contribution in [2.75, 3.05) is 19.4 Å². The number of ether oxygens (including phenoxy) is 1. The first-order chi connectivity index (χ1) is 17.0. The van der Waals surface area contributed by atoms with Gasteiger partial charge in [-0.15, -0.1) is 0 Å². The number of fused-ring (bicyclic) bond motifs is 1. The highest BCUT2D eigenvalue weighted by Crippen LogP contribution is 2.25. The molecule has 2 aliphatic heterocycles. The number of Topliss-reactive ketones (excluding diaryl/α,β-unsaturated/α-hetero) is 1. The molecule has 0 saturated carbocycles. The average molecular weight is 526 g/mol. The Balaban J connectivity index is 1.78. The number of ketones is 1. The van der Waals surface area contributed by atoms with E-state index in [0.717, 1.165) is 16.3 Å². The third-order valence-electron chi connectivity index (χ3n) is 5.62. The zero-order valence-electron chi connectivity index (χ0n) is 19.5. The number of carbonyl (C=O) groups is 5. The lowest BCUT2D eigenvalue weighted by atomic mass is 10.0. The molecule has 3 atom stereocenters. The maximum absolute atomic E-state index is 13.2. The van der Waals surface area contributed by atoms with E-state index in [1.54, 1.807) is 12.1 Å². The first kappa shape index (κ1) is 27.0. The summed E-state index contributed by atoms with van der Waals surface area (Å²) in [6.07, 6.45) is 3.28. The maximum Gasteiger partial charge on any atom is 0.305 e. The molecule has 36 heavy (non-hydrogen) atoms. The molecule has 3 heterocycles. The molecular weight excluding hydrogens is 498 g/mol. The number of carboxylic acid groups (broad SMARTS) is 1. The Hall–Kier alpha value is -3.59. The zero-order valence-corrected chi connectivity index (χ0v) is 20.3. The lowest BCUT2D eigenvalue weighted by Crippen LogP contribution is -2.64. The fourth-order valence-corrected chi connectivity index (χ4v) is 4.75. The summed E-state index contributed by atoms with van der Waals surface area (Å²) < 4.78 is 31.0. The normalized spacial score (nSPS) is 21.2. The number of aliphatic carboxylic acids is 1. The molecule has 3 N–H and O–H groups in total. The van der Waals surface area contributed by atoms with Crippen molar-refractivity contribution in [1.29, 1.82) is 0 Å². The Kier molecular flexibility index (Phi) is 8.57. The van der Waals surface area contributed by atoms with Gasteiger partial charge in [0.2, 0.25) is 21.8 Å². The summed E-state index contributed by atoms with van der Waals surface area (Å²) in [7, 11) is -3.80. The van der Waals surface area contributed by atoms with E-state index in [1.165, 1.54) is 12.4 Å². The number of nitrogens with zero attached hydrogens (tertiary/aromatic N) is 3. The summed E-state index contributed by atoms with van der Waals surface area (Å²) >= 11 is 0. The zero-order chi connectivity index (χ0) is 26.5. The number of amides is 3. The molecule has 2 saturated heterocycles. The third kappa shape index (κ3) is 6.97. The first-order valence-electron chi connectivity index (χ1n) is 11.1. The summed E-state index contributed by atoms with van der Waals surface area (Å²) in [5.41, 5.74) is 0. The molecule has 0 radical (unpaired) electrons. The van der Waals surface area contributed by atoms with Crippen molar-refractivity contribution in [2.24, 2.45) is 0 Å². The molecule has 3 rings (SSSR count). The van der Waals surface area contributed by atoms with Crippen molar-refractivity contribution in [3.63, 3.8) is 0 Å². The van der Waals surface area contributed by atoms with E-state index in [1.807, 2.05) is 0 Å². The third-order valence-corrected chi connectivity index (χ3v) is 6.33. The average Bonchev–Trinajstić information content (AvgIpc) is 2.93. The Bertz CT molecular complexity index is 1130. The number of hydrogen-bond acceptors (Lipinski definition) is 9. The van der Waals surface area contributed by atoms with Crippen LogP contribution in [0, 0.1) is 0 Å². The monoisotopic (exact) mass is 525 g/mol. The fourth-order valence-electron chi connectivity index (χ4n) is 4.02. The molecule has 0 unspecified atom stereocenters. The predicted octanol–water partition coefficient (Wildman–Crippen LogP) is -1.56.